The van der Waals surface area contributed by atoms with Crippen LogP contribution in [0.25, 0.3) is 0 Å². The van der Waals surface area contributed by atoms with Gasteiger partial charge in [0.05, 0.1) is 0 Å². The summed E-state index contributed by atoms with van der Waals surface area (Å²) in [5.41, 5.74) is 0. The molecule has 0 radical (unpaired) electrons. The first-order valence-corrected chi connectivity index (χ1v) is 1.86. The number of carbonyl (C=O) groups is 2. The van der Waals surface area contributed by atoms with Crippen LogP contribution in [0.5, 0.6) is 0 Å². The molecule has 48 valence electrons. The standard InChI is InChI=1S/2C2H4O2.Sr/c2*1-2(3)4;/h2*1H3,(H,3,4);/q;;+2. The van der Waals surface area contributed by atoms with Gasteiger partial charge in [-0.15, -0.1) is 0 Å². The van der Waals surface area contributed by atoms with Crippen LogP contribution in [0, 0.1) is 0 Å². The zero-order valence-corrected chi connectivity index (χ0v) is 8.89. The molecular weight excluding hydrogens is 200 g/mol. The van der Waals surface area contributed by atoms with E-state index in [0.29, 0.717) is 0 Å². The molecule has 2 N–H and O–H groups in total. The van der Waals surface area contributed by atoms with Crippen molar-refractivity contribution < 1.29 is 19.8 Å². The summed E-state index contributed by atoms with van der Waals surface area (Å²) < 4.78 is 0. The minimum atomic E-state index is -0.833. The zero-order valence-electron chi connectivity index (χ0n) is 5.42. The van der Waals surface area contributed by atoms with Crippen LogP contribution in [0.4, 0.5) is 0 Å². The first-order valence-electron chi connectivity index (χ1n) is 1.86. The molecule has 0 saturated carbocycles. The Labute approximate surface area is 90.1 Å². The van der Waals surface area contributed by atoms with Crippen molar-refractivity contribution in [1.82, 2.24) is 0 Å². The minimum Gasteiger partial charge on any atom is -0.481 e. The third-order valence-electron chi connectivity index (χ3n) is 0. The molecule has 0 aromatic rings. The number of aliphatic carboxylic acids is 2. The molecule has 0 aromatic heterocycles. The van der Waals surface area contributed by atoms with Crippen LogP contribution in [0.3, 0.4) is 0 Å². The molecule has 5 heteroatoms. The first-order chi connectivity index (χ1) is 3.46. The molecule has 0 fully saturated rings. The van der Waals surface area contributed by atoms with E-state index < -0.39 is 11.9 Å². The maximum atomic E-state index is 9.00. The van der Waals surface area contributed by atoms with Crippen molar-refractivity contribution in [1.29, 1.82) is 0 Å². The van der Waals surface area contributed by atoms with Crippen molar-refractivity contribution in [2.24, 2.45) is 0 Å². The first kappa shape index (κ1) is 16.2. The molecule has 0 rings (SSSR count). The average Bonchev–Trinajstić information content (AvgIpc) is 1.25. The fourth-order valence-corrected chi connectivity index (χ4v) is 0. The molecule has 0 unspecified atom stereocenters. The number of carboxylic acid groups (broad SMARTS) is 2. The third kappa shape index (κ3) is 1960. The average molecular weight is 208 g/mol. The summed E-state index contributed by atoms with van der Waals surface area (Å²) in [6, 6.07) is 0. The predicted octanol–water partition coefficient (Wildman–Crippen LogP) is -0.199. The Kier molecular flexibility index (Phi) is 20.3. The van der Waals surface area contributed by atoms with Crippen molar-refractivity contribution in [3.05, 3.63) is 0 Å². The summed E-state index contributed by atoms with van der Waals surface area (Å²) in [5.74, 6) is -1.67. The van der Waals surface area contributed by atoms with Crippen LogP contribution in [-0.4, -0.2) is 67.6 Å². The number of hydrogen-bond acceptors (Lipinski definition) is 2. The molecule has 9 heavy (non-hydrogen) atoms. The van der Waals surface area contributed by atoms with Crippen LogP contribution in [0.1, 0.15) is 13.8 Å². The maximum absolute atomic E-state index is 9.00. The van der Waals surface area contributed by atoms with E-state index >= 15 is 0 Å². The molecule has 0 aliphatic carbocycles. The monoisotopic (exact) mass is 208 g/mol. The van der Waals surface area contributed by atoms with Gasteiger partial charge in [0.25, 0.3) is 11.9 Å². The largest absolute Gasteiger partial charge is 2.00 e. The Balaban J connectivity index is -0.0000000720. The molecule has 0 heterocycles. The van der Waals surface area contributed by atoms with Crippen LogP contribution in [-0.2, 0) is 9.59 Å². The second kappa shape index (κ2) is 11.2. The van der Waals surface area contributed by atoms with E-state index in [1.165, 1.54) is 0 Å². The van der Waals surface area contributed by atoms with E-state index in [0.717, 1.165) is 13.8 Å². The van der Waals surface area contributed by atoms with Gasteiger partial charge in [0, 0.05) is 13.8 Å². The molecule has 0 aliphatic rings. The van der Waals surface area contributed by atoms with Crippen LogP contribution in [0.2, 0.25) is 0 Å². The fraction of sp³-hybridized carbons (Fsp3) is 0.500. The Morgan fingerprint density at radius 1 is 1.00 bits per heavy atom. The van der Waals surface area contributed by atoms with Gasteiger partial charge in [-0.3, -0.25) is 9.59 Å². The van der Waals surface area contributed by atoms with Gasteiger partial charge in [-0.05, 0) is 0 Å². The Bertz CT molecular complexity index is 70.6. The molecule has 4 nitrogen and oxygen atoms in total. The van der Waals surface area contributed by atoms with E-state index in [1.54, 1.807) is 0 Å². The van der Waals surface area contributed by atoms with Gasteiger partial charge >= 0.3 is 45.5 Å². The molecule has 0 amide bonds. The van der Waals surface area contributed by atoms with E-state index in [2.05, 4.69) is 0 Å². The summed E-state index contributed by atoms with van der Waals surface area (Å²) in [4.78, 5) is 18.0. The van der Waals surface area contributed by atoms with Crippen LogP contribution >= 0.6 is 0 Å². The van der Waals surface area contributed by atoms with E-state index in [9.17, 15) is 0 Å². The Morgan fingerprint density at radius 2 is 1.00 bits per heavy atom. The second-order valence-corrected chi connectivity index (χ2v) is 1.04. The molecule has 0 bridgehead atoms. The SMILES string of the molecule is CC(=O)O.CC(=O)O.[Sr+2]. The molecular formula is C4H8O4Sr+2. The van der Waals surface area contributed by atoms with Crippen molar-refractivity contribution in [2.75, 3.05) is 0 Å². The number of rotatable bonds is 0. The topological polar surface area (TPSA) is 74.6 Å². The number of hydrogen-bond donors (Lipinski definition) is 2. The van der Waals surface area contributed by atoms with Crippen LogP contribution in [0.15, 0.2) is 0 Å². The maximum Gasteiger partial charge on any atom is 2.00 e. The normalized spacial score (nSPS) is 5.56. The van der Waals surface area contributed by atoms with Gasteiger partial charge in [0.15, 0.2) is 0 Å². The summed E-state index contributed by atoms with van der Waals surface area (Å²) in [7, 11) is 0. The molecule has 0 aliphatic heterocycles. The molecule has 0 atom stereocenters. The van der Waals surface area contributed by atoms with E-state index in [-0.39, 0.29) is 45.5 Å². The zero-order chi connectivity index (χ0) is 7.15. The van der Waals surface area contributed by atoms with Crippen molar-refractivity contribution in [2.45, 2.75) is 13.8 Å². The summed E-state index contributed by atoms with van der Waals surface area (Å²) in [6.07, 6.45) is 0. The van der Waals surface area contributed by atoms with Gasteiger partial charge in [0.2, 0.25) is 0 Å². The quantitative estimate of drug-likeness (QED) is 0.540. The summed E-state index contributed by atoms with van der Waals surface area (Å²) >= 11 is 0. The summed E-state index contributed by atoms with van der Waals surface area (Å²) in [6.45, 7) is 2.17. The summed E-state index contributed by atoms with van der Waals surface area (Å²) in [5, 5.41) is 14.8. The minimum absolute atomic E-state index is 0. The Hall–Kier alpha value is 0.421. The predicted molar refractivity (Wildman–Crippen MR) is 32.4 cm³/mol. The van der Waals surface area contributed by atoms with Gasteiger partial charge < -0.3 is 10.2 Å². The van der Waals surface area contributed by atoms with Crippen molar-refractivity contribution in [3.63, 3.8) is 0 Å². The number of carboxylic acids is 2. The van der Waals surface area contributed by atoms with Gasteiger partial charge in [-0.2, -0.15) is 0 Å². The van der Waals surface area contributed by atoms with Crippen molar-refractivity contribution >= 4 is 57.4 Å². The second-order valence-electron chi connectivity index (χ2n) is 1.04. The van der Waals surface area contributed by atoms with Gasteiger partial charge in [-0.25, -0.2) is 0 Å². The van der Waals surface area contributed by atoms with Gasteiger partial charge in [-0.1, -0.05) is 0 Å². The molecule has 0 saturated heterocycles. The molecule has 0 spiro atoms. The van der Waals surface area contributed by atoms with Gasteiger partial charge in [0.1, 0.15) is 0 Å². The van der Waals surface area contributed by atoms with Crippen molar-refractivity contribution in [3.8, 4) is 0 Å². The van der Waals surface area contributed by atoms with E-state index in [1.807, 2.05) is 0 Å². The smallest absolute Gasteiger partial charge is 0.481 e. The van der Waals surface area contributed by atoms with Crippen LogP contribution < -0.4 is 0 Å². The fourth-order valence-electron chi connectivity index (χ4n) is 0. The Morgan fingerprint density at radius 3 is 1.00 bits per heavy atom. The molecule has 0 aromatic carbocycles. The van der Waals surface area contributed by atoms with E-state index in [4.69, 9.17) is 19.8 Å². The third-order valence-corrected chi connectivity index (χ3v) is 0.